The molecule has 0 spiro atoms. The molecule has 0 saturated carbocycles. The van der Waals surface area contributed by atoms with Crippen LogP contribution in [0.15, 0.2) is 22.7 Å². The van der Waals surface area contributed by atoms with Gasteiger partial charge in [-0.1, -0.05) is 6.07 Å². The van der Waals surface area contributed by atoms with Crippen LogP contribution < -0.4 is 5.32 Å². The maximum absolute atomic E-state index is 3.61. The number of rotatable bonds is 2. The Hall–Kier alpha value is -0.150. The molecule has 0 unspecified atom stereocenters. The predicted octanol–water partition coefficient (Wildman–Crippen LogP) is 4.07. The summed E-state index contributed by atoms with van der Waals surface area (Å²) in [6.45, 7) is 2.12. The van der Waals surface area contributed by atoms with Gasteiger partial charge in [0.2, 0.25) is 0 Å². The fourth-order valence-corrected chi connectivity index (χ4v) is 3.49. The van der Waals surface area contributed by atoms with Crippen LogP contribution in [0.25, 0.3) is 0 Å². The maximum atomic E-state index is 3.61. The lowest BCUT2D eigenvalue weighted by Crippen LogP contribution is -2.25. The number of aryl methyl sites for hydroxylation is 1. The number of thioether (sulfide) groups is 1. The first-order valence-electron chi connectivity index (χ1n) is 5.36. The molecule has 1 fully saturated rings. The molecule has 1 heterocycles. The molecule has 0 aromatic heterocycles. The van der Waals surface area contributed by atoms with Crippen molar-refractivity contribution in [1.82, 2.24) is 0 Å². The topological polar surface area (TPSA) is 12.0 Å². The summed E-state index contributed by atoms with van der Waals surface area (Å²) in [5, 5.41) is 3.61. The highest BCUT2D eigenvalue weighted by Crippen LogP contribution is 2.27. The third kappa shape index (κ3) is 3.15. The van der Waals surface area contributed by atoms with Crippen LogP contribution in [0.5, 0.6) is 0 Å². The highest BCUT2D eigenvalue weighted by atomic mass is 79.9. The van der Waals surface area contributed by atoms with E-state index < -0.39 is 0 Å². The van der Waals surface area contributed by atoms with E-state index in [1.54, 1.807) is 0 Å². The minimum absolute atomic E-state index is 0.641. The van der Waals surface area contributed by atoms with E-state index in [2.05, 4.69) is 58.1 Å². The summed E-state index contributed by atoms with van der Waals surface area (Å²) in [5.41, 5.74) is 2.53. The largest absolute Gasteiger partial charge is 0.381 e. The molecule has 0 bridgehead atoms. The van der Waals surface area contributed by atoms with E-state index in [1.165, 1.54) is 40.1 Å². The van der Waals surface area contributed by atoms with Crippen LogP contribution in [0.2, 0.25) is 0 Å². The van der Waals surface area contributed by atoms with Gasteiger partial charge in [0.05, 0.1) is 0 Å². The third-order valence-corrected chi connectivity index (χ3v) is 4.52. The van der Waals surface area contributed by atoms with Crippen molar-refractivity contribution in [3.8, 4) is 0 Å². The van der Waals surface area contributed by atoms with Crippen LogP contribution >= 0.6 is 27.7 Å². The second-order valence-corrected chi connectivity index (χ2v) is 6.05. The molecule has 1 aliphatic heterocycles. The molecule has 0 amide bonds. The average molecular weight is 286 g/mol. The summed E-state index contributed by atoms with van der Waals surface area (Å²) < 4.78 is 1.18. The molecule has 1 N–H and O–H groups in total. The quantitative estimate of drug-likeness (QED) is 0.879. The summed E-state index contributed by atoms with van der Waals surface area (Å²) in [4.78, 5) is 0. The van der Waals surface area contributed by atoms with Crippen LogP contribution in [0.3, 0.4) is 0 Å². The van der Waals surface area contributed by atoms with Crippen LogP contribution in [-0.4, -0.2) is 17.5 Å². The Balaban J connectivity index is 2.03. The molecule has 1 aromatic carbocycles. The minimum atomic E-state index is 0.641. The van der Waals surface area contributed by atoms with Gasteiger partial charge in [-0.3, -0.25) is 0 Å². The Kier molecular flexibility index (Phi) is 3.98. The monoisotopic (exact) mass is 285 g/mol. The normalized spacial score (nSPS) is 21.3. The van der Waals surface area contributed by atoms with E-state index in [-0.39, 0.29) is 0 Å². The third-order valence-electron chi connectivity index (χ3n) is 2.64. The van der Waals surface area contributed by atoms with E-state index in [9.17, 15) is 0 Å². The lowest BCUT2D eigenvalue weighted by atomic mass is 10.1. The average Bonchev–Trinajstić information content (AvgIpc) is 2.24. The smallest absolute Gasteiger partial charge is 0.0487 e. The Bertz CT molecular complexity index is 334. The molecule has 1 saturated heterocycles. The number of nitrogens with one attached hydrogen (secondary N) is 1. The molecule has 15 heavy (non-hydrogen) atoms. The van der Waals surface area contributed by atoms with Crippen molar-refractivity contribution in [1.29, 1.82) is 0 Å². The summed E-state index contributed by atoms with van der Waals surface area (Å²) >= 11 is 5.66. The molecule has 1 atom stereocenters. The van der Waals surface area contributed by atoms with Crippen molar-refractivity contribution in [3.63, 3.8) is 0 Å². The van der Waals surface area contributed by atoms with E-state index >= 15 is 0 Å². The van der Waals surface area contributed by atoms with Crippen molar-refractivity contribution in [2.45, 2.75) is 25.8 Å². The highest BCUT2D eigenvalue weighted by molar-refractivity contribution is 9.10. The first kappa shape index (κ1) is 11.3. The van der Waals surface area contributed by atoms with E-state index in [1.807, 2.05) is 0 Å². The Morgan fingerprint density at radius 2 is 2.33 bits per heavy atom. The number of halogens is 1. The van der Waals surface area contributed by atoms with Crippen LogP contribution in [0.4, 0.5) is 5.69 Å². The van der Waals surface area contributed by atoms with Gasteiger partial charge in [-0.05, 0) is 59.1 Å². The van der Waals surface area contributed by atoms with Gasteiger partial charge in [0.25, 0.3) is 0 Å². The van der Waals surface area contributed by atoms with Crippen molar-refractivity contribution in [2.24, 2.45) is 0 Å². The standard InChI is InChI=1S/C12H16BrNS/c1-9-4-5-12(11(13)7-9)14-10-3-2-6-15-8-10/h4-5,7,10,14H,2-3,6,8H2,1H3/t10-/m1/s1. The Labute approximate surface area is 104 Å². The van der Waals surface area contributed by atoms with Gasteiger partial charge >= 0.3 is 0 Å². The summed E-state index contributed by atoms with van der Waals surface area (Å²) in [7, 11) is 0. The Morgan fingerprint density at radius 1 is 1.47 bits per heavy atom. The summed E-state index contributed by atoms with van der Waals surface area (Å²) in [6, 6.07) is 7.13. The van der Waals surface area contributed by atoms with Gasteiger partial charge in [0.1, 0.15) is 0 Å². The lowest BCUT2D eigenvalue weighted by molar-refractivity contribution is 0.685. The summed E-state index contributed by atoms with van der Waals surface area (Å²) in [5.74, 6) is 2.56. The van der Waals surface area contributed by atoms with Crippen molar-refractivity contribution < 1.29 is 0 Å². The summed E-state index contributed by atoms with van der Waals surface area (Å²) in [6.07, 6.45) is 2.64. The molecule has 1 aliphatic rings. The molecule has 82 valence electrons. The zero-order chi connectivity index (χ0) is 10.7. The van der Waals surface area contributed by atoms with Crippen LogP contribution in [0.1, 0.15) is 18.4 Å². The van der Waals surface area contributed by atoms with Crippen LogP contribution in [0, 0.1) is 6.92 Å². The maximum Gasteiger partial charge on any atom is 0.0487 e. The van der Waals surface area contributed by atoms with E-state index in [0.717, 1.165) is 0 Å². The number of benzene rings is 1. The number of hydrogen-bond acceptors (Lipinski definition) is 2. The molecule has 2 rings (SSSR count). The van der Waals surface area contributed by atoms with Crippen molar-refractivity contribution in [2.75, 3.05) is 16.8 Å². The number of anilines is 1. The molecule has 3 heteroatoms. The molecule has 1 aromatic rings. The van der Waals surface area contributed by atoms with Gasteiger partial charge in [-0.2, -0.15) is 11.8 Å². The minimum Gasteiger partial charge on any atom is -0.381 e. The number of hydrogen-bond donors (Lipinski definition) is 1. The Morgan fingerprint density at radius 3 is 3.00 bits per heavy atom. The van der Waals surface area contributed by atoms with Crippen molar-refractivity contribution in [3.05, 3.63) is 28.2 Å². The molecule has 0 radical (unpaired) electrons. The fourth-order valence-electron chi connectivity index (χ4n) is 1.81. The van der Waals surface area contributed by atoms with Gasteiger partial charge in [-0.25, -0.2) is 0 Å². The molecule has 0 aliphatic carbocycles. The fraction of sp³-hybridized carbons (Fsp3) is 0.500. The molecular formula is C12H16BrNS. The van der Waals surface area contributed by atoms with Crippen molar-refractivity contribution >= 4 is 33.4 Å². The van der Waals surface area contributed by atoms with Gasteiger partial charge < -0.3 is 5.32 Å². The zero-order valence-electron chi connectivity index (χ0n) is 8.92. The van der Waals surface area contributed by atoms with Crippen LogP contribution in [-0.2, 0) is 0 Å². The second kappa shape index (κ2) is 5.26. The SMILES string of the molecule is Cc1ccc(N[C@@H]2CCCSC2)c(Br)c1. The first-order valence-corrected chi connectivity index (χ1v) is 7.31. The van der Waals surface area contributed by atoms with E-state index in [0.29, 0.717) is 6.04 Å². The van der Waals surface area contributed by atoms with E-state index in [4.69, 9.17) is 0 Å². The molecular weight excluding hydrogens is 270 g/mol. The first-order chi connectivity index (χ1) is 7.25. The molecule has 1 nitrogen and oxygen atoms in total. The predicted molar refractivity (Wildman–Crippen MR) is 72.8 cm³/mol. The second-order valence-electron chi connectivity index (χ2n) is 4.04. The highest BCUT2D eigenvalue weighted by Gasteiger charge is 2.14. The zero-order valence-corrected chi connectivity index (χ0v) is 11.3. The van der Waals surface area contributed by atoms with Gasteiger partial charge in [-0.15, -0.1) is 0 Å². The van der Waals surface area contributed by atoms with Gasteiger partial charge in [0.15, 0.2) is 0 Å². The van der Waals surface area contributed by atoms with Gasteiger partial charge in [0, 0.05) is 22.0 Å². The lowest BCUT2D eigenvalue weighted by Gasteiger charge is -2.24.